The summed E-state index contributed by atoms with van der Waals surface area (Å²) in [6.45, 7) is 3.16. The number of nitrogens with one attached hydrogen (secondary N) is 1. The Bertz CT molecular complexity index is 439. The zero-order valence-electron chi connectivity index (χ0n) is 10.6. The maximum absolute atomic E-state index is 12.3. The lowest BCUT2D eigenvalue weighted by Crippen LogP contribution is -2.48. The smallest absolute Gasteiger partial charge is 0.394 e. The first-order valence-corrected chi connectivity index (χ1v) is 5.68. The average Bonchev–Trinajstić information content (AvgIpc) is 2.37. The molecule has 0 saturated carbocycles. The largest absolute Gasteiger partial charge is 0.433 e. The lowest BCUT2D eigenvalue weighted by molar-refractivity contribution is -0.141. The number of aromatic nitrogens is 1. The van der Waals surface area contributed by atoms with Crippen molar-refractivity contribution in [3.63, 3.8) is 0 Å². The molecule has 0 fully saturated rings. The molecule has 1 amide bonds. The van der Waals surface area contributed by atoms with E-state index in [1.54, 1.807) is 13.8 Å². The normalized spacial score (nSPS) is 14.8. The molecule has 1 atom stereocenters. The molecule has 1 heterocycles. The summed E-state index contributed by atoms with van der Waals surface area (Å²) in [5.41, 5.74) is -1.84. The highest BCUT2D eigenvalue weighted by Gasteiger charge is 2.32. The fourth-order valence-corrected chi connectivity index (χ4v) is 1.28. The van der Waals surface area contributed by atoms with Gasteiger partial charge in [-0.25, -0.2) is 0 Å². The number of pyridine rings is 1. The Morgan fingerprint density at radius 3 is 2.42 bits per heavy atom. The van der Waals surface area contributed by atoms with Crippen LogP contribution in [-0.4, -0.2) is 28.1 Å². The van der Waals surface area contributed by atoms with E-state index in [2.05, 4.69) is 10.3 Å². The van der Waals surface area contributed by atoms with Crippen molar-refractivity contribution in [3.8, 4) is 0 Å². The van der Waals surface area contributed by atoms with Crippen molar-refractivity contribution < 1.29 is 23.1 Å². The Morgan fingerprint density at radius 1 is 1.42 bits per heavy atom. The second kappa shape index (κ2) is 5.56. The van der Waals surface area contributed by atoms with Gasteiger partial charge in [-0.3, -0.25) is 9.78 Å². The molecule has 0 aliphatic heterocycles. The highest BCUT2D eigenvalue weighted by Crippen LogP contribution is 2.27. The molecule has 0 aliphatic carbocycles. The van der Waals surface area contributed by atoms with E-state index in [4.69, 9.17) is 5.11 Å². The number of aliphatic hydroxyl groups is 1. The highest BCUT2D eigenvalue weighted by atomic mass is 19.4. The van der Waals surface area contributed by atoms with Gasteiger partial charge >= 0.3 is 6.18 Å². The molecule has 0 bridgehead atoms. The first kappa shape index (κ1) is 15.4. The van der Waals surface area contributed by atoms with Crippen LogP contribution in [0.3, 0.4) is 0 Å². The zero-order valence-corrected chi connectivity index (χ0v) is 10.6. The van der Waals surface area contributed by atoms with Crippen molar-refractivity contribution in [2.24, 2.45) is 0 Å². The maximum Gasteiger partial charge on any atom is 0.433 e. The number of amides is 1. The molecule has 0 spiro atoms. The molecule has 4 nitrogen and oxygen atoms in total. The Balaban J connectivity index is 2.85. The van der Waals surface area contributed by atoms with Crippen molar-refractivity contribution in [2.45, 2.75) is 32.0 Å². The molecular formula is C12H15F3N2O2. The van der Waals surface area contributed by atoms with E-state index in [1.807, 2.05) is 0 Å². The van der Waals surface area contributed by atoms with Gasteiger partial charge in [0.25, 0.3) is 5.91 Å². The number of hydrogen-bond acceptors (Lipinski definition) is 3. The van der Waals surface area contributed by atoms with Crippen LogP contribution in [0.25, 0.3) is 0 Å². The monoisotopic (exact) mass is 276 g/mol. The molecule has 0 radical (unpaired) electrons. The number of hydrogen-bond donors (Lipinski definition) is 2. The van der Waals surface area contributed by atoms with Gasteiger partial charge in [-0.15, -0.1) is 0 Å². The van der Waals surface area contributed by atoms with E-state index in [0.717, 1.165) is 18.3 Å². The van der Waals surface area contributed by atoms with Crippen LogP contribution in [0.4, 0.5) is 13.2 Å². The third-order valence-corrected chi connectivity index (χ3v) is 2.86. The van der Waals surface area contributed by atoms with Crippen molar-refractivity contribution in [1.82, 2.24) is 10.3 Å². The molecule has 1 aromatic heterocycles. The summed E-state index contributed by atoms with van der Waals surface area (Å²) < 4.78 is 36.9. The number of aliphatic hydroxyl groups excluding tert-OH is 1. The number of carbonyl (C=O) groups excluding carboxylic acids is 1. The Kier molecular flexibility index (Phi) is 4.52. The van der Waals surface area contributed by atoms with Crippen LogP contribution in [-0.2, 0) is 6.18 Å². The second-order valence-electron chi connectivity index (χ2n) is 4.46. The third kappa shape index (κ3) is 3.92. The Hall–Kier alpha value is -1.63. The first-order chi connectivity index (χ1) is 8.72. The summed E-state index contributed by atoms with van der Waals surface area (Å²) in [7, 11) is 0. The molecule has 2 N–H and O–H groups in total. The Labute approximate surface area is 108 Å². The van der Waals surface area contributed by atoms with Gasteiger partial charge < -0.3 is 10.4 Å². The molecular weight excluding hydrogens is 261 g/mol. The van der Waals surface area contributed by atoms with Crippen molar-refractivity contribution in [3.05, 3.63) is 29.6 Å². The molecule has 0 aliphatic rings. The van der Waals surface area contributed by atoms with Crippen LogP contribution in [0.1, 0.15) is 36.3 Å². The van der Waals surface area contributed by atoms with Crippen LogP contribution >= 0.6 is 0 Å². The predicted molar refractivity (Wildman–Crippen MR) is 62.5 cm³/mol. The molecule has 0 aromatic carbocycles. The minimum Gasteiger partial charge on any atom is -0.394 e. The van der Waals surface area contributed by atoms with Gasteiger partial charge in [0.05, 0.1) is 17.7 Å². The van der Waals surface area contributed by atoms with Crippen LogP contribution in [0.2, 0.25) is 0 Å². The summed E-state index contributed by atoms with van der Waals surface area (Å²) in [4.78, 5) is 15.0. The number of rotatable bonds is 4. The van der Waals surface area contributed by atoms with E-state index in [1.165, 1.54) is 0 Å². The summed E-state index contributed by atoms with van der Waals surface area (Å²) in [6, 6.07) is 1.80. The van der Waals surface area contributed by atoms with Crippen molar-refractivity contribution in [2.75, 3.05) is 6.61 Å². The summed E-state index contributed by atoms with van der Waals surface area (Å²) in [5, 5.41) is 11.7. The van der Waals surface area contributed by atoms with E-state index in [9.17, 15) is 18.0 Å². The van der Waals surface area contributed by atoms with Gasteiger partial charge in [-0.05, 0) is 25.5 Å². The number of halogens is 3. The first-order valence-electron chi connectivity index (χ1n) is 5.68. The second-order valence-corrected chi connectivity index (χ2v) is 4.46. The molecule has 1 rings (SSSR count). The van der Waals surface area contributed by atoms with Crippen LogP contribution in [0.5, 0.6) is 0 Å². The molecule has 1 unspecified atom stereocenters. The van der Waals surface area contributed by atoms with E-state index in [0.29, 0.717) is 6.42 Å². The molecule has 19 heavy (non-hydrogen) atoms. The SMILES string of the molecule is CCC(C)(CO)NC(=O)c1ccc(C(F)(F)F)nc1. The van der Waals surface area contributed by atoms with Crippen LogP contribution < -0.4 is 5.32 Å². The topological polar surface area (TPSA) is 62.2 Å². The van der Waals surface area contributed by atoms with Gasteiger partial charge in [0.1, 0.15) is 5.69 Å². The van der Waals surface area contributed by atoms with Gasteiger partial charge in [0.2, 0.25) is 0 Å². The molecule has 7 heteroatoms. The van der Waals surface area contributed by atoms with Gasteiger partial charge in [-0.1, -0.05) is 6.92 Å². The molecule has 1 aromatic rings. The summed E-state index contributed by atoms with van der Waals surface area (Å²) in [5.74, 6) is -0.570. The van der Waals surface area contributed by atoms with E-state index >= 15 is 0 Å². The molecule has 0 saturated heterocycles. The number of nitrogens with zero attached hydrogens (tertiary/aromatic N) is 1. The van der Waals surface area contributed by atoms with Gasteiger partial charge in [0.15, 0.2) is 0 Å². The standard InChI is InChI=1S/C12H15F3N2O2/c1-3-11(2,7-18)17-10(19)8-4-5-9(16-6-8)12(13,14)15/h4-6,18H,3,7H2,1-2H3,(H,17,19). The fraction of sp³-hybridized carbons (Fsp3) is 0.500. The Morgan fingerprint density at radius 2 is 2.05 bits per heavy atom. The van der Waals surface area contributed by atoms with Crippen LogP contribution in [0.15, 0.2) is 18.3 Å². The number of carbonyl (C=O) groups is 1. The average molecular weight is 276 g/mol. The third-order valence-electron chi connectivity index (χ3n) is 2.86. The van der Waals surface area contributed by atoms with Crippen molar-refractivity contribution in [1.29, 1.82) is 0 Å². The van der Waals surface area contributed by atoms with Crippen molar-refractivity contribution >= 4 is 5.91 Å². The minimum absolute atomic E-state index is 0.0149. The summed E-state index contributed by atoms with van der Waals surface area (Å²) >= 11 is 0. The maximum atomic E-state index is 12.3. The van der Waals surface area contributed by atoms with E-state index in [-0.39, 0.29) is 12.2 Å². The quantitative estimate of drug-likeness (QED) is 0.884. The highest BCUT2D eigenvalue weighted by molar-refractivity contribution is 5.94. The summed E-state index contributed by atoms with van der Waals surface area (Å²) in [6.07, 6.45) is -3.17. The minimum atomic E-state index is -4.53. The predicted octanol–water partition coefficient (Wildman–Crippen LogP) is 1.99. The van der Waals surface area contributed by atoms with Gasteiger partial charge in [-0.2, -0.15) is 13.2 Å². The van der Waals surface area contributed by atoms with E-state index < -0.39 is 23.3 Å². The molecule has 106 valence electrons. The van der Waals surface area contributed by atoms with Crippen LogP contribution in [0, 0.1) is 0 Å². The fourth-order valence-electron chi connectivity index (χ4n) is 1.28. The lowest BCUT2D eigenvalue weighted by Gasteiger charge is -2.27. The zero-order chi connectivity index (χ0) is 14.7. The van der Waals surface area contributed by atoms with Gasteiger partial charge in [0, 0.05) is 6.20 Å². The number of alkyl halides is 3. The lowest BCUT2D eigenvalue weighted by atomic mass is 10.00.